The summed E-state index contributed by atoms with van der Waals surface area (Å²) >= 11 is 0. The van der Waals surface area contributed by atoms with Gasteiger partial charge >= 0.3 is 6.09 Å². The minimum Gasteiger partial charge on any atom is -0.444 e. The Hall–Kier alpha value is -2.77. The maximum Gasteiger partial charge on any atom is 0.410 e. The first-order chi connectivity index (χ1) is 12.7. The van der Waals surface area contributed by atoms with E-state index in [9.17, 15) is 13.6 Å². The average Bonchev–Trinajstić information content (AvgIpc) is 2.60. The molecule has 1 aromatic heterocycles. The molecule has 0 spiro atoms. The van der Waals surface area contributed by atoms with Crippen LogP contribution >= 0.6 is 0 Å². The Morgan fingerprint density at radius 2 is 1.70 bits per heavy atom. The summed E-state index contributed by atoms with van der Waals surface area (Å²) in [6.45, 7) is 7.38. The van der Waals surface area contributed by atoms with Crippen molar-refractivity contribution < 1.29 is 18.3 Å². The van der Waals surface area contributed by atoms with Gasteiger partial charge in [0.05, 0.1) is 11.3 Å². The molecular weight excluding hydrogens is 354 g/mol. The summed E-state index contributed by atoms with van der Waals surface area (Å²) in [4.78, 5) is 24.2. The molecule has 6 nitrogen and oxygen atoms in total. The number of carbonyl (C=O) groups is 1. The van der Waals surface area contributed by atoms with Crippen molar-refractivity contribution in [1.82, 2.24) is 14.9 Å². The number of halogens is 2. The summed E-state index contributed by atoms with van der Waals surface area (Å²) in [6, 6.07) is 5.17. The number of piperazine rings is 1. The zero-order valence-electron chi connectivity index (χ0n) is 15.6. The Kier molecular flexibility index (Phi) is 5.25. The van der Waals surface area contributed by atoms with Gasteiger partial charge in [-0.25, -0.2) is 23.5 Å². The van der Waals surface area contributed by atoms with Crippen LogP contribution < -0.4 is 4.90 Å². The lowest BCUT2D eigenvalue weighted by Gasteiger charge is -2.35. The molecule has 27 heavy (non-hydrogen) atoms. The van der Waals surface area contributed by atoms with E-state index in [4.69, 9.17) is 4.74 Å². The predicted molar refractivity (Wildman–Crippen MR) is 97.4 cm³/mol. The highest BCUT2D eigenvalue weighted by atomic mass is 19.1. The Bertz CT molecular complexity index is 810. The van der Waals surface area contributed by atoms with Crippen LogP contribution in [0.5, 0.6) is 0 Å². The van der Waals surface area contributed by atoms with Crippen LogP contribution in [0.1, 0.15) is 20.8 Å². The molecule has 3 rings (SSSR count). The van der Waals surface area contributed by atoms with Crippen LogP contribution in [0.15, 0.2) is 30.5 Å². The van der Waals surface area contributed by atoms with Crippen LogP contribution in [0.2, 0.25) is 0 Å². The molecule has 1 aliphatic heterocycles. The van der Waals surface area contributed by atoms with Gasteiger partial charge < -0.3 is 14.5 Å². The van der Waals surface area contributed by atoms with E-state index < -0.39 is 17.2 Å². The van der Waals surface area contributed by atoms with Crippen molar-refractivity contribution in [3.05, 3.63) is 42.1 Å². The van der Waals surface area contributed by atoms with Crippen molar-refractivity contribution in [2.45, 2.75) is 26.4 Å². The third-order valence-corrected chi connectivity index (χ3v) is 4.08. The van der Waals surface area contributed by atoms with Crippen molar-refractivity contribution in [3.8, 4) is 11.3 Å². The van der Waals surface area contributed by atoms with Gasteiger partial charge in [0.2, 0.25) is 5.95 Å². The fraction of sp³-hybridized carbons (Fsp3) is 0.421. The SMILES string of the molecule is CC(C)(C)OC(=O)N1CCN(c2nccc(-c3c(F)cccc3F)n2)CC1. The number of rotatable bonds is 2. The molecule has 144 valence electrons. The number of hydrogen-bond acceptors (Lipinski definition) is 5. The molecule has 1 aromatic carbocycles. The third kappa shape index (κ3) is 4.50. The first kappa shape index (κ1) is 19.0. The highest BCUT2D eigenvalue weighted by molar-refractivity contribution is 5.68. The molecule has 1 saturated heterocycles. The fourth-order valence-corrected chi connectivity index (χ4v) is 2.80. The predicted octanol–water partition coefficient (Wildman–Crippen LogP) is 3.48. The van der Waals surface area contributed by atoms with Gasteiger partial charge in [-0.15, -0.1) is 0 Å². The van der Waals surface area contributed by atoms with Crippen LogP contribution in [0.3, 0.4) is 0 Å². The molecule has 0 atom stereocenters. The Morgan fingerprint density at radius 1 is 1.07 bits per heavy atom. The summed E-state index contributed by atoms with van der Waals surface area (Å²) in [5.41, 5.74) is -0.533. The van der Waals surface area contributed by atoms with Crippen molar-refractivity contribution in [2.75, 3.05) is 31.1 Å². The van der Waals surface area contributed by atoms with Gasteiger partial charge in [0, 0.05) is 32.4 Å². The van der Waals surface area contributed by atoms with E-state index in [2.05, 4.69) is 9.97 Å². The smallest absolute Gasteiger partial charge is 0.410 e. The maximum atomic E-state index is 14.0. The summed E-state index contributed by atoms with van der Waals surface area (Å²) in [6.07, 6.45) is 1.12. The lowest BCUT2D eigenvalue weighted by molar-refractivity contribution is 0.0240. The van der Waals surface area contributed by atoms with Crippen molar-refractivity contribution >= 4 is 12.0 Å². The highest BCUT2D eigenvalue weighted by Gasteiger charge is 2.27. The van der Waals surface area contributed by atoms with Gasteiger partial charge in [0.15, 0.2) is 0 Å². The summed E-state index contributed by atoms with van der Waals surface area (Å²) < 4.78 is 33.4. The van der Waals surface area contributed by atoms with E-state index in [1.807, 2.05) is 25.7 Å². The summed E-state index contributed by atoms with van der Waals surface area (Å²) in [5, 5.41) is 0. The number of carbonyl (C=O) groups excluding carboxylic acids is 1. The minimum atomic E-state index is -0.672. The summed E-state index contributed by atoms with van der Waals surface area (Å²) in [5.74, 6) is -0.970. The van der Waals surface area contributed by atoms with Crippen molar-refractivity contribution in [1.29, 1.82) is 0 Å². The summed E-state index contributed by atoms with van der Waals surface area (Å²) in [7, 11) is 0. The van der Waals surface area contributed by atoms with Crippen LogP contribution in [0.4, 0.5) is 19.5 Å². The van der Waals surface area contributed by atoms with Crippen LogP contribution in [-0.2, 0) is 4.74 Å². The number of nitrogens with zero attached hydrogens (tertiary/aromatic N) is 4. The van der Waals surface area contributed by atoms with Gasteiger partial charge in [-0.05, 0) is 39.0 Å². The van der Waals surface area contributed by atoms with Gasteiger partial charge in [0.1, 0.15) is 17.2 Å². The van der Waals surface area contributed by atoms with Crippen LogP contribution in [-0.4, -0.2) is 52.7 Å². The third-order valence-electron chi connectivity index (χ3n) is 4.08. The molecule has 8 heteroatoms. The van der Waals surface area contributed by atoms with Crippen molar-refractivity contribution in [3.63, 3.8) is 0 Å². The molecule has 0 bridgehead atoms. The zero-order valence-corrected chi connectivity index (χ0v) is 15.6. The second-order valence-electron chi connectivity index (χ2n) is 7.29. The van der Waals surface area contributed by atoms with E-state index in [1.54, 1.807) is 4.90 Å². The number of anilines is 1. The van der Waals surface area contributed by atoms with E-state index in [-0.39, 0.29) is 17.4 Å². The largest absolute Gasteiger partial charge is 0.444 e. The Labute approximate surface area is 156 Å². The van der Waals surface area contributed by atoms with Crippen LogP contribution in [0.25, 0.3) is 11.3 Å². The molecule has 0 saturated carbocycles. The van der Waals surface area contributed by atoms with Gasteiger partial charge in [-0.1, -0.05) is 6.07 Å². The average molecular weight is 376 g/mol. The van der Waals surface area contributed by atoms with E-state index >= 15 is 0 Å². The quantitative estimate of drug-likeness (QED) is 0.803. The topological polar surface area (TPSA) is 58.6 Å². The van der Waals surface area contributed by atoms with Gasteiger partial charge in [-0.2, -0.15) is 0 Å². The molecule has 1 fully saturated rings. The van der Waals surface area contributed by atoms with Crippen molar-refractivity contribution in [2.24, 2.45) is 0 Å². The normalized spacial score (nSPS) is 15.0. The molecule has 2 aromatic rings. The monoisotopic (exact) mass is 376 g/mol. The number of benzene rings is 1. The zero-order chi connectivity index (χ0) is 19.6. The first-order valence-electron chi connectivity index (χ1n) is 8.75. The number of amides is 1. The first-order valence-corrected chi connectivity index (χ1v) is 8.75. The molecule has 1 amide bonds. The number of ether oxygens (including phenoxy) is 1. The molecule has 2 heterocycles. The lowest BCUT2D eigenvalue weighted by Crippen LogP contribution is -2.50. The van der Waals surface area contributed by atoms with Crippen LogP contribution in [0, 0.1) is 11.6 Å². The van der Waals surface area contributed by atoms with Gasteiger partial charge in [0.25, 0.3) is 0 Å². The molecule has 0 radical (unpaired) electrons. The van der Waals surface area contributed by atoms with Gasteiger partial charge in [-0.3, -0.25) is 0 Å². The lowest BCUT2D eigenvalue weighted by atomic mass is 10.1. The second kappa shape index (κ2) is 7.46. The molecule has 0 N–H and O–H groups in total. The Morgan fingerprint density at radius 3 is 2.30 bits per heavy atom. The number of aromatic nitrogens is 2. The number of hydrogen-bond donors (Lipinski definition) is 0. The molecule has 0 aliphatic carbocycles. The molecular formula is C19H22F2N4O2. The molecule has 0 unspecified atom stereocenters. The van der Waals surface area contributed by atoms with E-state index in [0.29, 0.717) is 32.1 Å². The maximum absolute atomic E-state index is 14.0. The minimum absolute atomic E-state index is 0.173. The Balaban J connectivity index is 1.72. The fourth-order valence-electron chi connectivity index (χ4n) is 2.80. The van der Waals surface area contributed by atoms with E-state index in [0.717, 1.165) is 0 Å². The van der Waals surface area contributed by atoms with E-state index in [1.165, 1.54) is 30.5 Å². The molecule has 1 aliphatic rings. The standard InChI is InChI=1S/C19H22F2N4O2/c1-19(2,3)27-18(26)25-11-9-24(10-12-25)17-22-8-7-15(23-17)16-13(20)5-4-6-14(16)21/h4-8H,9-12H2,1-3H3. The highest BCUT2D eigenvalue weighted by Crippen LogP contribution is 2.25. The second-order valence-corrected chi connectivity index (χ2v) is 7.29.